The first-order valence-corrected chi connectivity index (χ1v) is 5.16. The number of amides is 1. The van der Waals surface area contributed by atoms with Crippen LogP contribution in [0.4, 0.5) is 0 Å². The summed E-state index contributed by atoms with van der Waals surface area (Å²) in [5, 5.41) is 12.5. The average molecular weight is 218 g/mol. The van der Waals surface area contributed by atoms with Crippen LogP contribution in [0.3, 0.4) is 0 Å². The Morgan fingerprint density at radius 3 is 2.67 bits per heavy atom. The molecule has 1 unspecified atom stereocenters. The topological polar surface area (TPSA) is 84.6 Å². The smallest absolute Gasteiger partial charge is 0.219 e. The molecule has 0 rings (SSSR count). The van der Waals surface area contributed by atoms with Crippen LogP contribution in [0.15, 0.2) is 0 Å². The Hall–Kier alpha value is -0.650. The molecular formula is C10H22N2O3. The van der Waals surface area contributed by atoms with Gasteiger partial charge in [0.25, 0.3) is 0 Å². The summed E-state index contributed by atoms with van der Waals surface area (Å²) in [6.45, 7) is 6.88. The molecule has 0 bridgehead atoms. The van der Waals surface area contributed by atoms with Crippen LogP contribution in [0.5, 0.6) is 0 Å². The molecule has 0 aromatic carbocycles. The minimum atomic E-state index is -0.558. The maximum atomic E-state index is 10.7. The number of hydrogen-bond acceptors (Lipinski definition) is 4. The molecule has 5 nitrogen and oxygen atoms in total. The molecule has 0 aliphatic carbocycles. The summed E-state index contributed by atoms with van der Waals surface area (Å²) >= 11 is 0. The minimum absolute atomic E-state index is 0.244. The van der Waals surface area contributed by atoms with Gasteiger partial charge < -0.3 is 20.9 Å². The zero-order valence-corrected chi connectivity index (χ0v) is 9.75. The third-order valence-electron chi connectivity index (χ3n) is 1.95. The predicted molar refractivity (Wildman–Crippen MR) is 58.4 cm³/mol. The number of carbonyl (C=O) groups excluding carboxylic acids is 1. The lowest BCUT2D eigenvalue weighted by atomic mass is 10.0. The second kappa shape index (κ2) is 6.76. The van der Waals surface area contributed by atoms with Crippen LogP contribution in [0.2, 0.25) is 0 Å². The highest BCUT2D eigenvalue weighted by atomic mass is 16.5. The number of primary amides is 1. The first-order chi connectivity index (χ1) is 6.87. The summed E-state index contributed by atoms with van der Waals surface area (Å²) in [7, 11) is 0. The number of aliphatic hydroxyl groups excluding tert-OH is 1. The van der Waals surface area contributed by atoms with Crippen molar-refractivity contribution in [2.24, 2.45) is 5.73 Å². The van der Waals surface area contributed by atoms with Crippen LogP contribution < -0.4 is 11.1 Å². The molecule has 4 N–H and O–H groups in total. The highest BCUT2D eigenvalue weighted by Crippen LogP contribution is 2.07. The lowest BCUT2D eigenvalue weighted by Gasteiger charge is -2.26. The van der Waals surface area contributed by atoms with Gasteiger partial charge in [-0.3, -0.25) is 4.79 Å². The molecule has 0 saturated carbocycles. The Kier molecular flexibility index (Phi) is 6.47. The number of β-amino-alcohol motifs (C(OH)–C–C–N with tert-alkyl or cyclic N) is 1. The van der Waals surface area contributed by atoms with Gasteiger partial charge in [-0.15, -0.1) is 0 Å². The Morgan fingerprint density at radius 2 is 2.20 bits per heavy atom. The van der Waals surface area contributed by atoms with Crippen molar-refractivity contribution in [3.8, 4) is 0 Å². The van der Waals surface area contributed by atoms with E-state index in [-0.39, 0.29) is 17.9 Å². The second-order valence-electron chi connectivity index (χ2n) is 4.22. The average Bonchev–Trinajstić information content (AvgIpc) is 2.09. The second-order valence-corrected chi connectivity index (χ2v) is 4.22. The number of aliphatic hydroxyl groups is 1. The van der Waals surface area contributed by atoms with Crippen LogP contribution in [0.1, 0.15) is 27.2 Å². The summed E-state index contributed by atoms with van der Waals surface area (Å²) in [5.41, 5.74) is 4.71. The molecule has 1 amide bonds. The fourth-order valence-corrected chi connectivity index (χ4v) is 1.20. The highest BCUT2D eigenvalue weighted by Gasteiger charge is 2.20. The molecule has 0 aromatic heterocycles. The van der Waals surface area contributed by atoms with E-state index in [2.05, 4.69) is 5.32 Å². The van der Waals surface area contributed by atoms with E-state index in [0.717, 1.165) is 0 Å². The Bertz CT molecular complexity index is 195. The first kappa shape index (κ1) is 14.3. The fraction of sp³-hybridized carbons (Fsp3) is 0.900. The standard InChI is InChI=1S/C10H22N2O3/c1-4-15-7-8(13)6-12-10(2,3)5-9(11)14/h8,12-13H,4-7H2,1-3H3,(H2,11,14). The third-order valence-corrected chi connectivity index (χ3v) is 1.95. The van der Waals surface area contributed by atoms with E-state index in [1.54, 1.807) is 0 Å². The van der Waals surface area contributed by atoms with Crippen LogP contribution >= 0.6 is 0 Å². The molecule has 90 valence electrons. The van der Waals surface area contributed by atoms with Gasteiger partial charge in [-0.1, -0.05) is 0 Å². The van der Waals surface area contributed by atoms with Gasteiger partial charge in [0.2, 0.25) is 5.91 Å². The maximum absolute atomic E-state index is 10.7. The molecule has 0 saturated heterocycles. The van der Waals surface area contributed by atoms with Crippen molar-refractivity contribution in [2.75, 3.05) is 19.8 Å². The summed E-state index contributed by atoms with van der Waals surface area (Å²) < 4.78 is 5.06. The number of carbonyl (C=O) groups is 1. The van der Waals surface area contributed by atoms with Crippen LogP contribution in [-0.2, 0) is 9.53 Å². The zero-order chi connectivity index (χ0) is 11.9. The Balaban J connectivity index is 3.76. The van der Waals surface area contributed by atoms with Gasteiger partial charge in [-0.25, -0.2) is 0 Å². The molecule has 0 spiro atoms. The summed E-state index contributed by atoms with van der Waals surface area (Å²) in [5.74, 6) is -0.355. The summed E-state index contributed by atoms with van der Waals surface area (Å²) in [6.07, 6.45) is -0.314. The van der Waals surface area contributed by atoms with E-state index in [9.17, 15) is 9.90 Å². The van der Waals surface area contributed by atoms with Crippen molar-refractivity contribution in [1.82, 2.24) is 5.32 Å². The SMILES string of the molecule is CCOCC(O)CNC(C)(C)CC(N)=O. The number of rotatable bonds is 8. The fourth-order valence-electron chi connectivity index (χ4n) is 1.20. The summed E-state index contributed by atoms with van der Waals surface area (Å²) in [6, 6.07) is 0. The molecular weight excluding hydrogens is 196 g/mol. The van der Waals surface area contributed by atoms with E-state index in [1.165, 1.54) is 0 Å². The maximum Gasteiger partial charge on any atom is 0.219 e. The molecule has 0 aliphatic heterocycles. The zero-order valence-electron chi connectivity index (χ0n) is 9.75. The van der Waals surface area contributed by atoms with Gasteiger partial charge in [-0.05, 0) is 20.8 Å². The summed E-state index contributed by atoms with van der Waals surface area (Å²) in [4.78, 5) is 10.7. The predicted octanol–water partition coefficient (Wildman–Crippen LogP) is -0.373. The van der Waals surface area contributed by atoms with E-state index < -0.39 is 6.10 Å². The lowest BCUT2D eigenvalue weighted by Crippen LogP contribution is -2.46. The molecule has 0 aromatic rings. The number of ether oxygens (including phenoxy) is 1. The van der Waals surface area contributed by atoms with Gasteiger partial charge in [0.1, 0.15) is 0 Å². The monoisotopic (exact) mass is 218 g/mol. The third kappa shape index (κ3) is 8.35. The Labute approximate surface area is 91.0 Å². The first-order valence-electron chi connectivity index (χ1n) is 5.16. The van der Waals surface area contributed by atoms with Crippen molar-refractivity contribution < 1.29 is 14.6 Å². The van der Waals surface area contributed by atoms with E-state index in [0.29, 0.717) is 19.8 Å². The molecule has 0 heterocycles. The molecule has 15 heavy (non-hydrogen) atoms. The number of nitrogens with two attached hydrogens (primary N) is 1. The van der Waals surface area contributed by atoms with Crippen molar-refractivity contribution in [2.45, 2.75) is 38.8 Å². The molecule has 5 heteroatoms. The van der Waals surface area contributed by atoms with Crippen molar-refractivity contribution in [3.05, 3.63) is 0 Å². The molecule has 1 atom stereocenters. The van der Waals surface area contributed by atoms with Crippen LogP contribution in [0, 0.1) is 0 Å². The number of hydrogen-bond donors (Lipinski definition) is 3. The lowest BCUT2D eigenvalue weighted by molar-refractivity contribution is -0.119. The van der Waals surface area contributed by atoms with Crippen molar-refractivity contribution in [3.63, 3.8) is 0 Å². The van der Waals surface area contributed by atoms with Crippen LogP contribution in [-0.4, -0.2) is 42.4 Å². The van der Waals surface area contributed by atoms with Gasteiger partial charge in [-0.2, -0.15) is 0 Å². The van der Waals surface area contributed by atoms with Gasteiger partial charge >= 0.3 is 0 Å². The van der Waals surface area contributed by atoms with E-state index in [1.807, 2.05) is 20.8 Å². The Morgan fingerprint density at radius 1 is 1.60 bits per heavy atom. The van der Waals surface area contributed by atoms with Gasteiger partial charge in [0.05, 0.1) is 12.7 Å². The van der Waals surface area contributed by atoms with Gasteiger partial charge in [0.15, 0.2) is 0 Å². The van der Waals surface area contributed by atoms with E-state index >= 15 is 0 Å². The highest BCUT2D eigenvalue weighted by molar-refractivity contribution is 5.74. The normalized spacial score (nSPS) is 13.9. The van der Waals surface area contributed by atoms with Crippen molar-refractivity contribution >= 4 is 5.91 Å². The van der Waals surface area contributed by atoms with Crippen LogP contribution in [0.25, 0.3) is 0 Å². The molecule has 0 aliphatic rings. The quantitative estimate of drug-likeness (QED) is 0.519. The molecule has 0 fully saturated rings. The molecule has 0 radical (unpaired) electrons. The number of nitrogens with one attached hydrogen (secondary N) is 1. The van der Waals surface area contributed by atoms with Crippen molar-refractivity contribution in [1.29, 1.82) is 0 Å². The van der Waals surface area contributed by atoms with E-state index in [4.69, 9.17) is 10.5 Å². The largest absolute Gasteiger partial charge is 0.389 e. The minimum Gasteiger partial charge on any atom is -0.389 e. The van der Waals surface area contributed by atoms with Gasteiger partial charge in [0, 0.05) is 25.1 Å².